The molecule has 4 heteroatoms. The molecular formula is C8H14O3S. The number of aliphatic carboxylic acids is 1. The second-order valence-electron chi connectivity index (χ2n) is 2.21. The number of hydrogen-bond acceptors (Lipinski definition) is 3. The standard InChI is InChI=1S/C8H14O3S/c1-2-12-7(4-3-5-9)6-8(10)11/h6,9H,2-5H2,1H3,(H,10,11)/b7-6+. The molecule has 0 aromatic rings. The average Bonchev–Trinajstić information content (AvgIpc) is 2.00. The molecule has 0 aromatic heterocycles. The minimum atomic E-state index is -0.913. The summed E-state index contributed by atoms with van der Waals surface area (Å²) in [5, 5.41) is 17.0. The van der Waals surface area contributed by atoms with E-state index in [-0.39, 0.29) is 6.61 Å². The van der Waals surface area contributed by atoms with Crippen molar-refractivity contribution in [1.29, 1.82) is 0 Å². The number of aliphatic hydroxyl groups excluding tert-OH is 1. The van der Waals surface area contributed by atoms with E-state index in [4.69, 9.17) is 10.2 Å². The predicted octanol–water partition coefficient (Wildman–Crippen LogP) is 1.48. The number of carboxylic acid groups (broad SMARTS) is 1. The van der Waals surface area contributed by atoms with Gasteiger partial charge in [0.25, 0.3) is 0 Å². The minimum absolute atomic E-state index is 0.112. The van der Waals surface area contributed by atoms with Crippen LogP contribution in [0.25, 0.3) is 0 Å². The van der Waals surface area contributed by atoms with E-state index in [0.29, 0.717) is 12.8 Å². The summed E-state index contributed by atoms with van der Waals surface area (Å²) in [7, 11) is 0. The van der Waals surface area contributed by atoms with Gasteiger partial charge in [0.15, 0.2) is 0 Å². The minimum Gasteiger partial charge on any atom is -0.478 e. The molecular weight excluding hydrogens is 176 g/mol. The van der Waals surface area contributed by atoms with Crippen molar-refractivity contribution in [3.05, 3.63) is 11.0 Å². The number of rotatable bonds is 6. The largest absolute Gasteiger partial charge is 0.478 e. The van der Waals surface area contributed by atoms with Crippen LogP contribution in [0.15, 0.2) is 11.0 Å². The van der Waals surface area contributed by atoms with E-state index in [2.05, 4.69) is 0 Å². The highest BCUT2D eigenvalue weighted by Gasteiger charge is 1.99. The lowest BCUT2D eigenvalue weighted by molar-refractivity contribution is -0.131. The summed E-state index contributed by atoms with van der Waals surface area (Å²) in [6.07, 6.45) is 2.50. The van der Waals surface area contributed by atoms with E-state index in [0.717, 1.165) is 10.7 Å². The molecule has 0 radical (unpaired) electrons. The fourth-order valence-corrected chi connectivity index (χ4v) is 1.61. The number of aliphatic hydroxyl groups is 1. The van der Waals surface area contributed by atoms with Gasteiger partial charge >= 0.3 is 5.97 Å². The van der Waals surface area contributed by atoms with Gasteiger partial charge < -0.3 is 10.2 Å². The monoisotopic (exact) mass is 190 g/mol. The molecule has 0 unspecified atom stereocenters. The van der Waals surface area contributed by atoms with Crippen molar-refractivity contribution in [2.75, 3.05) is 12.4 Å². The van der Waals surface area contributed by atoms with Crippen LogP contribution in [0, 0.1) is 0 Å². The Kier molecular flexibility index (Phi) is 6.90. The molecule has 0 saturated carbocycles. The van der Waals surface area contributed by atoms with Gasteiger partial charge in [-0.2, -0.15) is 0 Å². The number of carboxylic acids is 1. The van der Waals surface area contributed by atoms with Crippen molar-refractivity contribution < 1.29 is 15.0 Å². The van der Waals surface area contributed by atoms with Crippen molar-refractivity contribution >= 4 is 17.7 Å². The first-order valence-corrected chi connectivity index (χ1v) is 4.86. The Morgan fingerprint density at radius 3 is 2.67 bits per heavy atom. The zero-order valence-corrected chi connectivity index (χ0v) is 7.93. The van der Waals surface area contributed by atoms with Gasteiger partial charge in [-0.25, -0.2) is 4.79 Å². The fraction of sp³-hybridized carbons (Fsp3) is 0.625. The zero-order chi connectivity index (χ0) is 9.40. The van der Waals surface area contributed by atoms with E-state index in [1.54, 1.807) is 0 Å². The highest BCUT2D eigenvalue weighted by Crippen LogP contribution is 2.19. The van der Waals surface area contributed by atoms with Crippen LogP contribution in [0.2, 0.25) is 0 Å². The maximum atomic E-state index is 10.3. The maximum absolute atomic E-state index is 10.3. The van der Waals surface area contributed by atoms with Crippen LogP contribution < -0.4 is 0 Å². The molecule has 2 N–H and O–H groups in total. The van der Waals surface area contributed by atoms with Crippen molar-refractivity contribution in [3.63, 3.8) is 0 Å². The lowest BCUT2D eigenvalue weighted by Crippen LogP contribution is -1.92. The third-order valence-corrected chi connectivity index (χ3v) is 2.18. The molecule has 0 aliphatic carbocycles. The Morgan fingerprint density at radius 2 is 2.25 bits per heavy atom. The smallest absolute Gasteiger partial charge is 0.329 e. The van der Waals surface area contributed by atoms with Gasteiger partial charge in [0.05, 0.1) is 0 Å². The normalized spacial score (nSPS) is 11.7. The lowest BCUT2D eigenvalue weighted by atomic mass is 10.3. The molecule has 0 atom stereocenters. The van der Waals surface area contributed by atoms with Gasteiger partial charge in [-0.05, 0) is 23.5 Å². The summed E-state index contributed by atoms with van der Waals surface area (Å²) < 4.78 is 0. The molecule has 0 aliphatic heterocycles. The van der Waals surface area contributed by atoms with Crippen molar-refractivity contribution in [3.8, 4) is 0 Å². The summed E-state index contributed by atoms with van der Waals surface area (Å²) in [4.78, 5) is 11.1. The lowest BCUT2D eigenvalue weighted by Gasteiger charge is -2.02. The summed E-state index contributed by atoms with van der Waals surface area (Å²) in [5.74, 6) is -0.0474. The van der Waals surface area contributed by atoms with Gasteiger partial charge in [-0.1, -0.05) is 6.92 Å². The molecule has 0 aliphatic rings. The number of carbonyl (C=O) groups is 1. The van der Waals surface area contributed by atoms with Crippen LogP contribution in [-0.2, 0) is 4.79 Å². The Morgan fingerprint density at radius 1 is 1.58 bits per heavy atom. The molecule has 0 spiro atoms. The Balaban J connectivity index is 3.93. The number of hydrogen-bond donors (Lipinski definition) is 2. The van der Waals surface area contributed by atoms with E-state index in [1.807, 2.05) is 6.92 Å². The highest BCUT2D eigenvalue weighted by atomic mass is 32.2. The third kappa shape index (κ3) is 6.24. The average molecular weight is 190 g/mol. The molecule has 0 amide bonds. The third-order valence-electron chi connectivity index (χ3n) is 1.20. The van der Waals surface area contributed by atoms with Crippen molar-refractivity contribution in [2.24, 2.45) is 0 Å². The second-order valence-corrected chi connectivity index (χ2v) is 3.60. The van der Waals surface area contributed by atoms with Gasteiger partial charge in [-0.3, -0.25) is 0 Å². The van der Waals surface area contributed by atoms with E-state index in [9.17, 15) is 4.79 Å². The van der Waals surface area contributed by atoms with Crippen LogP contribution in [0.1, 0.15) is 19.8 Å². The number of allylic oxidation sites excluding steroid dienone is 1. The van der Waals surface area contributed by atoms with Gasteiger partial charge in [-0.15, -0.1) is 11.8 Å². The highest BCUT2D eigenvalue weighted by molar-refractivity contribution is 8.03. The molecule has 0 aromatic carbocycles. The van der Waals surface area contributed by atoms with E-state index >= 15 is 0 Å². The van der Waals surface area contributed by atoms with Crippen LogP contribution in [0.3, 0.4) is 0 Å². The van der Waals surface area contributed by atoms with Crippen LogP contribution >= 0.6 is 11.8 Å². The second kappa shape index (κ2) is 7.18. The maximum Gasteiger partial charge on any atom is 0.329 e. The molecule has 0 bridgehead atoms. The Hall–Kier alpha value is -0.480. The van der Waals surface area contributed by atoms with Gasteiger partial charge in [0.2, 0.25) is 0 Å². The summed E-state index contributed by atoms with van der Waals surface area (Å²) in [5.41, 5.74) is 0. The molecule has 0 fully saturated rings. The quantitative estimate of drug-likeness (QED) is 0.623. The van der Waals surface area contributed by atoms with Crippen LogP contribution in [0.4, 0.5) is 0 Å². The van der Waals surface area contributed by atoms with Crippen molar-refractivity contribution in [2.45, 2.75) is 19.8 Å². The predicted molar refractivity (Wildman–Crippen MR) is 50.2 cm³/mol. The first-order chi connectivity index (χ1) is 5.70. The fourth-order valence-electron chi connectivity index (χ4n) is 0.762. The molecule has 0 saturated heterocycles. The topological polar surface area (TPSA) is 57.5 Å². The molecule has 3 nitrogen and oxygen atoms in total. The number of thioether (sulfide) groups is 1. The molecule has 12 heavy (non-hydrogen) atoms. The summed E-state index contributed by atoms with van der Waals surface area (Å²) >= 11 is 1.51. The first kappa shape index (κ1) is 11.5. The van der Waals surface area contributed by atoms with E-state index < -0.39 is 5.97 Å². The van der Waals surface area contributed by atoms with Crippen LogP contribution in [-0.4, -0.2) is 28.5 Å². The van der Waals surface area contributed by atoms with Crippen LogP contribution in [0.5, 0.6) is 0 Å². The van der Waals surface area contributed by atoms with E-state index in [1.165, 1.54) is 17.8 Å². The SMILES string of the molecule is CCS/C(=C/C(=O)O)CCCO. The Bertz CT molecular complexity index is 166. The zero-order valence-electron chi connectivity index (χ0n) is 7.12. The summed E-state index contributed by atoms with van der Waals surface area (Å²) in [6.45, 7) is 2.08. The molecule has 70 valence electrons. The summed E-state index contributed by atoms with van der Waals surface area (Å²) in [6, 6.07) is 0. The van der Waals surface area contributed by atoms with Gasteiger partial charge in [0, 0.05) is 12.7 Å². The molecule has 0 heterocycles. The Labute approximate surface area is 76.5 Å². The van der Waals surface area contributed by atoms with Crippen molar-refractivity contribution in [1.82, 2.24) is 0 Å². The molecule has 0 rings (SSSR count). The van der Waals surface area contributed by atoms with Gasteiger partial charge in [0.1, 0.15) is 0 Å². The first-order valence-electron chi connectivity index (χ1n) is 3.87.